The third-order valence-electron chi connectivity index (χ3n) is 4.07. The van der Waals surface area contributed by atoms with E-state index in [-0.39, 0.29) is 5.75 Å². The number of anilines is 1. The molecule has 3 aromatic carbocycles. The topological polar surface area (TPSA) is 52.5 Å². The van der Waals surface area contributed by atoms with Gasteiger partial charge in [-0.05, 0) is 29.0 Å². The third kappa shape index (κ3) is 1.95. The number of aliphatic hydroxyl groups is 1. The first-order valence-electron chi connectivity index (χ1n) is 7.20. The zero-order valence-corrected chi connectivity index (χ0v) is 11.8. The van der Waals surface area contributed by atoms with Gasteiger partial charge in [0.25, 0.3) is 0 Å². The van der Waals surface area contributed by atoms with E-state index in [0.29, 0.717) is 0 Å². The minimum Gasteiger partial charge on any atom is -0.507 e. The normalized spacial score (nSPS) is 18.4. The predicted molar refractivity (Wildman–Crippen MR) is 89.6 cm³/mol. The molecule has 0 saturated carbocycles. The SMILES string of the molecule is Oc1ccc2ccccc2c1C=C1c2ccccc2NC1O. The molecule has 22 heavy (non-hydrogen) atoms. The molecular formula is C19H15NO2. The molecule has 3 N–H and O–H groups in total. The molecular weight excluding hydrogens is 274 g/mol. The maximum atomic E-state index is 10.3. The second-order valence-corrected chi connectivity index (χ2v) is 5.41. The van der Waals surface area contributed by atoms with Crippen molar-refractivity contribution in [2.45, 2.75) is 6.23 Å². The van der Waals surface area contributed by atoms with Crippen LogP contribution in [0.2, 0.25) is 0 Å². The Morgan fingerprint density at radius 1 is 0.909 bits per heavy atom. The molecule has 0 spiro atoms. The summed E-state index contributed by atoms with van der Waals surface area (Å²) in [5.41, 5.74) is 3.36. The second kappa shape index (κ2) is 4.90. The van der Waals surface area contributed by atoms with E-state index in [1.54, 1.807) is 6.07 Å². The van der Waals surface area contributed by atoms with E-state index in [0.717, 1.165) is 33.2 Å². The summed E-state index contributed by atoms with van der Waals surface area (Å²) in [6, 6.07) is 19.2. The van der Waals surface area contributed by atoms with Crippen LogP contribution in [0.3, 0.4) is 0 Å². The summed E-state index contributed by atoms with van der Waals surface area (Å²) in [7, 11) is 0. The molecule has 3 heteroatoms. The number of hydrogen-bond donors (Lipinski definition) is 3. The highest BCUT2D eigenvalue weighted by atomic mass is 16.3. The number of nitrogens with one attached hydrogen (secondary N) is 1. The highest BCUT2D eigenvalue weighted by Gasteiger charge is 2.24. The standard InChI is InChI=1S/C19H15NO2/c21-18-10-9-12-5-1-2-6-13(12)15(18)11-16-14-7-3-4-8-17(14)20-19(16)22/h1-11,19-22H. The van der Waals surface area contributed by atoms with E-state index in [4.69, 9.17) is 0 Å². The van der Waals surface area contributed by atoms with Gasteiger partial charge in [0.2, 0.25) is 0 Å². The minimum absolute atomic E-state index is 0.211. The van der Waals surface area contributed by atoms with Crippen LogP contribution in [0.4, 0.5) is 5.69 Å². The molecule has 1 unspecified atom stereocenters. The van der Waals surface area contributed by atoms with Gasteiger partial charge in [-0.1, -0.05) is 48.5 Å². The van der Waals surface area contributed by atoms with Crippen LogP contribution in [-0.4, -0.2) is 16.4 Å². The molecule has 0 radical (unpaired) electrons. The van der Waals surface area contributed by atoms with Crippen molar-refractivity contribution in [1.29, 1.82) is 0 Å². The van der Waals surface area contributed by atoms with Gasteiger partial charge in [0, 0.05) is 22.4 Å². The van der Waals surface area contributed by atoms with Crippen LogP contribution in [0.25, 0.3) is 22.4 Å². The number of aliphatic hydroxyl groups excluding tert-OH is 1. The molecule has 0 fully saturated rings. The first-order valence-corrected chi connectivity index (χ1v) is 7.20. The van der Waals surface area contributed by atoms with Crippen LogP contribution < -0.4 is 5.32 Å². The summed E-state index contributed by atoms with van der Waals surface area (Å²) in [6.07, 6.45) is 1.09. The van der Waals surface area contributed by atoms with Crippen LogP contribution in [0.15, 0.2) is 60.7 Å². The Morgan fingerprint density at radius 3 is 2.59 bits per heavy atom. The van der Waals surface area contributed by atoms with Crippen molar-refractivity contribution < 1.29 is 10.2 Å². The van der Waals surface area contributed by atoms with Gasteiger partial charge in [0.15, 0.2) is 6.23 Å². The van der Waals surface area contributed by atoms with Gasteiger partial charge in [-0.15, -0.1) is 0 Å². The Bertz CT molecular complexity index is 899. The van der Waals surface area contributed by atoms with Crippen molar-refractivity contribution in [3.8, 4) is 5.75 Å². The van der Waals surface area contributed by atoms with Crippen LogP contribution in [-0.2, 0) is 0 Å². The number of phenols is 1. The number of para-hydroxylation sites is 1. The van der Waals surface area contributed by atoms with Crippen molar-refractivity contribution in [1.82, 2.24) is 0 Å². The molecule has 3 nitrogen and oxygen atoms in total. The largest absolute Gasteiger partial charge is 0.507 e. The van der Waals surface area contributed by atoms with Gasteiger partial charge in [0.1, 0.15) is 5.75 Å². The number of benzene rings is 3. The first kappa shape index (κ1) is 12.9. The van der Waals surface area contributed by atoms with Crippen LogP contribution in [0, 0.1) is 0 Å². The molecule has 1 heterocycles. The van der Waals surface area contributed by atoms with Crippen molar-refractivity contribution in [2.24, 2.45) is 0 Å². The van der Waals surface area contributed by atoms with E-state index in [1.807, 2.05) is 60.7 Å². The smallest absolute Gasteiger partial charge is 0.151 e. The van der Waals surface area contributed by atoms with E-state index in [9.17, 15) is 10.2 Å². The molecule has 1 aliphatic rings. The average molecular weight is 289 g/mol. The van der Waals surface area contributed by atoms with Gasteiger partial charge in [-0.25, -0.2) is 0 Å². The summed E-state index contributed by atoms with van der Waals surface area (Å²) in [5.74, 6) is 0.211. The number of phenolic OH excluding ortho intramolecular Hbond substituents is 1. The Hall–Kier alpha value is -2.78. The number of hydrogen-bond acceptors (Lipinski definition) is 3. The number of fused-ring (bicyclic) bond motifs is 2. The lowest BCUT2D eigenvalue weighted by molar-refractivity contribution is 0.266. The molecule has 0 aromatic heterocycles. The molecule has 0 saturated heterocycles. The van der Waals surface area contributed by atoms with Crippen molar-refractivity contribution in [3.05, 3.63) is 71.8 Å². The van der Waals surface area contributed by atoms with Gasteiger partial charge in [0.05, 0.1) is 0 Å². The summed E-state index contributed by atoms with van der Waals surface area (Å²) in [4.78, 5) is 0. The zero-order valence-electron chi connectivity index (χ0n) is 11.8. The van der Waals surface area contributed by atoms with E-state index in [2.05, 4.69) is 5.32 Å². The number of rotatable bonds is 1. The van der Waals surface area contributed by atoms with Crippen molar-refractivity contribution in [3.63, 3.8) is 0 Å². The maximum Gasteiger partial charge on any atom is 0.151 e. The molecule has 0 bridgehead atoms. The van der Waals surface area contributed by atoms with Crippen LogP contribution >= 0.6 is 0 Å². The molecule has 1 aliphatic heterocycles. The molecule has 108 valence electrons. The summed E-state index contributed by atoms with van der Waals surface area (Å²) in [5, 5.41) is 25.6. The lowest BCUT2D eigenvalue weighted by atomic mass is 9.98. The predicted octanol–water partition coefficient (Wildman–Crippen LogP) is 3.83. The van der Waals surface area contributed by atoms with E-state index < -0.39 is 6.23 Å². The van der Waals surface area contributed by atoms with Crippen molar-refractivity contribution in [2.75, 3.05) is 5.32 Å². The van der Waals surface area contributed by atoms with Gasteiger partial charge >= 0.3 is 0 Å². The van der Waals surface area contributed by atoms with E-state index >= 15 is 0 Å². The maximum absolute atomic E-state index is 10.3. The Kier molecular flexibility index (Phi) is 2.88. The minimum atomic E-state index is -0.768. The van der Waals surface area contributed by atoms with Gasteiger partial charge < -0.3 is 15.5 Å². The van der Waals surface area contributed by atoms with Gasteiger partial charge in [-0.3, -0.25) is 0 Å². The summed E-state index contributed by atoms with van der Waals surface area (Å²) < 4.78 is 0. The fraction of sp³-hybridized carbons (Fsp3) is 0.0526. The quantitative estimate of drug-likeness (QED) is 0.638. The first-order chi connectivity index (χ1) is 10.7. The second-order valence-electron chi connectivity index (χ2n) is 5.41. The van der Waals surface area contributed by atoms with Crippen LogP contribution in [0.5, 0.6) is 5.75 Å². The monoisotopic (exact) mass is 289 g/mol. The molecule has 1 atom stereocenters. The highest BCUT2D eigenvalue weighted by Crippen LogP contribution is 2.38. The summed E-state index contributed by atoms with van der Waals surface area (Å²) >= 11 is 0. The Labute approximate surface area is 128 Å². The molecule has 0 aliphatic carbocycles. The zero-order chi connectivity index (χ0) is 15.1. The summed E-state index contributed by atoms with van der Waals surface area (Å²) in [6.45, 7) is 0. The molecule has 4 rings (SSSR count). The van der Waals surface area contributed by atoms with Gasteiger partial charge in [-0.2, -0.15) is 0 Å². The highest BCUT2D eigenvalue weighted by molar-refractivity contribution is 6.01. The van der Waals surface area contributed by atoms with E-state index in [1.165, 1.54) is 0 Å². The Balaban J connectivity index is 1.96. The molecule has 3 aromatic rings. The average Bonchev–Trinajstić information content (AvgIpc) is 2.86. The lowest BCUT2D eigenvalue weighted by Gasteiger charge is -2.09. The van der Waals surface area contributed by atoms with Crippen molar-refractivity contribution >= 4 is 28.1 Å². The third-order valence-corrected chi connectivity index (χ3v) is 4.07. The molecule has 0 amide bonds. The van der Waals surface area contributed by atoms with Crippen LogP contribution in [0.1, 0.15) is 11.1 Å². The fourth-order valence-electron chi connectivity index (χ4n) is 2.98. The number of aromatic hydroxyl groups is 1. The lowest BCUT2D eigenvalue weighted by Crippen LogP contribution is -2.12. The Morgan fingerprint density at radius 2 is 1.68 bits per heavy atom. The fourth-order valence-corrected chi connectivity index (χ4v) is 2.98.